The number of hydrogen-bond donors (Lipinski definition) is 0. The summed E-state index contributed by atoms with van der Waals surface area (Å²) in [5.41, 5.74) is -2.16. The topological polar surface area (TPSA) is 90.4 Å². The molecule has 248 valence electrons. The normalized spacial score (nSPS) is 16.3. The van der Waals surface area contributed by atoms with E-state index in [4.69, 9.17) is 18.9 Å². The van der Waals surface area contributed by atoms with E-state index >= 15 is 0 Å². The predicted molar refractivity (Wildman–Crippen MR) is 152 cm³/mol. The number of rotatable bonds is 8. The van der Waals surface area contributed by atoms with Crippen LogP contribution in [-0.2, 0) is 35.0 Å². The number of alkyl halides is 6. The van der Waals surface area contributed by atoms with Gasteiger partial charge in [-0.1, -0.05) is 0 Å². The number of nitrogens with zero attached hydrogens (tertiary/aromatic N) is 3. The first-order valence-corrected chi connectivity index (χ1v) is 14.0. The first-order valence-electron chi connectivity index (χ1n) is 14.0. The van der Waals surface area contributed by atoms with Gasteiger partial charge in [-0.3, -0.25) is 14.8 Å². The Bertz CT molecular complexity index is 1520. The highest BCUT2D eigenvalue weighted by Crippen LogP contribution is 2.47. The molecule has 0 fully saturated rings. The Hall–Kier alpha value is -4.69. The number of methoxy groups -OCH3 is 2. The van der Waals surface area contributed by atoms with Crippen molar-refractivity contribution in [2.45, 2.75) is 57.9 Å². The molecule has 1 aliphatic heterocycles. The first-order chi connectivity index (χ1) is 21.7. The van der Waals surface area contributed by atoms with E-state index in [0.717, 1.165) is 17.6 Å². The number of hydrogen-bond acceptors (Lipinski definition) is 7. The van der Waals surface area contributed by atoms with Crippen LogP contribution in [0.5, 0.6) is 11.5 Å². The highest BCUT2D eigenvalue weighted by molar-refractivity contribution is 5.91. The van der Waals surface area contributed by atoms with Gasteiger partial charge in [0.05, 0.1) is 43.7 Å². The Kier molecular flexibility index (Phi) is 10.2. The zero-order chi connectivity index (χ0) is 33.8. The second-order valence-electron chi connectivity index (χ2n) is 10.4. The second kappa shape index (κ2) is 13.7. The van der Waals surface area contributed by atoms with Crippen molar-refractivity contribution < 1.29 is 54.9 Å². The summed E-state index contributed by atoms with van der Waals surface area (Å²) in [6, 6.07) is 5.96. The molecule has 0 saturated carbocycles. The van der Waals surface area contributed by atoms with E-state index in [1.807, 2.05) is 0 Å². The number of aromatic nitrogens is 1. The van der Waals surface area contributed by atoms with Crippen molar-refractivity contribution in [1.29, 1.82) is 0 Å². The van der Waals surface area contributed by atoms with Crippen LogP contribution in [-0.4, -0.2) is 48.9 Å². The number of ether oxygens (including phenoxy) is 4. The molecule has 2 aromatic carbocycles. The average molecular weight is 656 g/mol. The largest absolute Gasteiger partial charge is 0.493 e. The number of carbonyl (C=O) groups excluding carboxylic acids is 2. The van der Waals surface area contributed by atoms with Crippen molar-refractivity contribution in [2.24, 2.45) is 0 Å². The van der Waals surface area contributed by atoms with Gasteiger partial charge >= 0.3 is 24.5 Å². The van der Waals surface area contributed by atoms with Crippen LogP contribution in [0.15, 0.2) is 54.9 Å². The smallest absolute Gasteiger partial charge is 0.416 e. The molecule has 0 saturated heterocycles. The number of pyridine rings is 1. The van der Waals surface area contributed by atoms with Crippen molar-refractivity contribution >= 4 is 17.9 Å². The Morgan fingerprint density at radius 2 is 1.57 bits per heavy atom. The van der Waals surface area contributed by atoms with Gasteiger partial charge in [0.2, 0.25) is 0 Å². The minimum absolute atomic E-state index is 0.0134. The van der Waals surface area contributed by atoms with Crippen LogP contribution in [0.25, 0.3) is 0 Å². The molecule has 0 aliphatic carbocycles. The van der Waals surface area contributed by atoms with Crippen molar-refractivity contribution in [2.75, 3.05) is 25.7 Å². The van der Waals surface area contributed by atoms with Crippen LogP contribution in [0.2, 0.25) is 0 Å². The molecule has 2 atom stereocenters. The van der Waals surface area contributed by atoms with Crippen molar-refractivity contribution in [3.05, 3.63) is 82.7 Å². The summed E-state index contributed by atoms with van der Waals surface area (Å²) >= 11 is 0. The third-order valence-corrected chi connectivity index (χ3v) is 7.33. The lowest BCUT2D eigenvalue weighted by molar-refractivity contribution is -0.143. The molecule has 1 aliphatic rings. The van der Waals surface area contributed by atoms with Gasteiger partial charge in [0.15, 0.2) is 11.5 Å². The maximum Gasteiger partial charge on any atom is 0.416 e. The average Bonchev–Trinajstić information content (AvgIpc) is 3.01. The van der Waals surface area contributed by atoms with E-state index in [1.54, 1.807) is 38.4 Å². The Balaban J connectivity index is 1.84. The molecule has 2 unspecified atom stereocenters. The lowest BCUT2D eigenvalue weighted by Crippen LogP contribution is -2.47. The second-order valence-corrected chi connectivity index (χ2v) is 10.4. The molecule has 9 nitrogen and oxygen atoms in total. The van der Waals surface area contributed by atoms with Crippen LogP contribution in [0.3, 0.4) is 0 Å². The highest BCUT2D eigenvalue weighted by atomic mass is 19.4. The van der Waals surface area contributed by atoms with Crippen LogP contribution in [0, 0.1) is 0 Å². The molecule has 0 bridgehead atoms. The Morgan fingerprint density at radius 3 is 2.11 bits per heavy atom. The van der Waals surface area contributed by atoms with Gasteiger partial charge in [-0.15, -0.1) is 0 Å². The molecule has 4 rings (SSSR count). The minimum atomic E-state index is -5.09. The number of fused-ring (bicyclic) bond motifs is 1. The number of halogens is 6. The molecule has 46 heavy (non-hydrogen) atoms. The molecule has 2 amide bonds. The van der Waals surface area contributed by atoms with E-state index in [2.05, 4.69) is 4.98 Å². The molecular formula is C31H31F6N3O6. The summed E-state index contributed by atoms with van der Waals surface area (Å²) < 4.78 is 104. The fourth-order valence-electron chi connectivity index (χ4n) is 5.24. The molecule has 0 radical (unpaired) electrons. The Labute approximate surface area is 260 Å². The van der Waals surface area contributed by atoms with Gasteiger partial charge in [-0.2, -0.15) is 26.3 Å². The fourth-order valence-corrected chi connectivity index (χ4v) is 5.24. The van der Waals surface area contributed by atoms with Crippen molar-refractivity contribution in [3.8, 4) is 11.5 Å². The molecular weight excluding hydrogens is 624 g/mol. The van der Waals surface area contributed by atoms with Gasteiger partial charge in [0.25, 0.3) is 0 Å². The van der Waals surface area contributed by atoms with Crippen molar-refractivity contribution in [3.63, 3.8) is 0 Å². The lowest BCUT2D eigenvalue weighted by atomic mass is 9.90. The van der Waals surface area contributed by atoms with Gasteiger partial charge in [0, 0.05) is 36.6 Å². The van der Waals surface area contributed by atoms with Crippen LogP contribution < -0.4 is 14.4 Å². The number of benzene rings is 2. The maximum atomic E-state index is 13.6. The monoisotopic (exact) mass is 655 g/mol. The summed E-state index contributed by atoms with van der Waals surface area (Å²) in [6.07, 6.45) is -8.71. The quantitative estimate of drug-likeness (QED) is 0.229. The maximum absolute atomic E-state index is 13.6. The number of anilines is 1. The predicted octanol–water partition coefficient (Wildman–Crippen LogP) is 7.77. The van der Waals surface area contributed by atoms with Crippen LogP contribution in [0.1, 0.15) is 54.1 Å². The van der Waals surface area contributed by atoms with E-state index in [0.29, 0.717) is 17.7 Å². The van der Waals surface area contributed by atoms with Crippen LogP contribution in [0.4, 0.5) is 41.6 Å². The summed E-state index contributed by atoms with van der Waals surface area (Å²) in [7, 11) is 2.40. The molecule has 0 spiro atoms. The number of carbonyl (C=O) groups is 2. The molecule has 1 aromatic heterocycles. The lowest BCUT2D eigenvalue weighted by Gasteiger charge is -2.42. The van der Waals surface area contributed by atoms with E-state index in [-0.39, 0.29) is 42.9 Å². The zero-order valence-corrected chi connectivity index (χ0v) is 25.2. The third-order valence-electron chi connectivity index (χ3n) is 7.33. The van der Waals surface area contributed by atoms with Gasteiger partial charge < -0.3 is 18.9 Å². The summed E-state index contributed by atoms with van der Waals surface area (Å²) in [6.45, 7) is 2.75. The molecule has 15 heteroatoms. The van der Waals surface area contributed by atoms with E-state index < -0.39 is 59.9 Å². The van der Waals surface area contributed by atoms with Gasteiger partial charge in [-0.25, -0.2) is 9.59 Å². The van der Waals surface area contributed by atoms with Gasteiger partial charge in [-0.05, 0) is 67.8 Å². The van der Waals surface area contributed by atoms with E-state index in [1.165, 1.54) is 24.1 Å². The zero-order valence-electron chi connectivity index (χ0n) is 25.2. The summed E-state index contributed by atoms with van der Waals surface area (Å²) in [5, 5.41) is 0. The summed E-state index contributed by atoms with van der Waals surface area (Å²) in [5.74, 6) is 0.414. The Morgan fingerprint density at radius 1 is 0.935 bits per heavy atom. The number of amides is 2. The van der Waals surface area contributed by atoms with Gasteiger partial charge in [0.1, 0.15) is 6.61 Å². The van der Waals surface area contributed by atoms with Crippen molar-refractivity contribution in [1.82, 2.24) is 9.88 Å². The molecule has 3 aromatic rings. The van der Waals surface area contributed by atoms with Crippen LogP contribution >= 0.6 is 0 Å². The minimum Gasteiger partial charge on any atom is -0.493 e. The first kappa shape index (κ1) is 34.2. The highest BCUT2D eigenvalue weighted by Gasteiger charge is 2.42. The molecule has 0 N–H and O–H groups in total. The van der Waals surface area contributed by atoms with E-state index in [9.17, 15) is 35.9 Å². The standard InChI is InChI=1S/C31H31F6N3O6/c1-5-45-29(42)40-18(2)10-24(23-14-26(43-3)27(15-25(23)40)46-17-19-6-8-38-9-7-19)39(28(41)44-4)16-20-11-21(30(32,33)34)13-22(12-20)31(35,36)37/h6-9,11-15,18,24H,5,10,16-17H2,1-4H3. The summed E-state index contributed by atoms with van der Waals surface area (Å²) in [4.78, 5) is 32.7. The fraction of sp³-hybridized carbons (Fsp3) is 0.387. The SMILES string of the molecule is CCOC(=O)N1c2cc(OCc3ccncc3)c(OC)cc2C(N(Cc2cc(C(F)(F)F)cc(C(F)(F)F)c2)C(=O)OC)CC1C. The third kappa shape index (κ3) is 7.57. The molecule has 2 heterocycles.